The summed E-state index contributed by atoms with van der Waals surface area (Å²) in [6, 6.07) is 22.5. The number of hydrogen-bond acceptors (Lipinski definition) is 7. The summed E-state index contributed by atoms with van der Waals surface area (Å²) in [5, 5.41) is 5.45. The maximum atomic E-state index is 5.40. The molecule has 6 nitrogen and oxygen atoms in total. The van der Waals surface area contributed by atoms with Crippen LogP contribution < -0.4 is 24.5 Å². The molecule has 164 valence electrons. The van der Waals surface area contributed by atoms with Gasteiger partial charge >= 0.3 is 0 Å². The molecule has 0 bridgehead atoms. The fraction of sp³-hybridized carbons (Fsp3) is 0.160. The summed E-state index contributed by atoms with van der Waals surface area (Å²) in [6.45, 7) is 0.787. The first-order valence-electron chi connectivity index (χ1n) is 10.1. The number of benzene rings is 3. The number of methoxy groups -OCH3 is 3. The number of nitrogens with zero attached hydrogens (tertiary/aromatic N) is 2. The second-order valence-corrected chi connectivity index (χ2v) is 8.03. The van der Waals surface area contributed by atoms with Gasteiger partial charge in [-0.15, -0.1) is 0 Å². The molecule has 0 amide bonds. The van der Waals surface area contributed by atoms with Gasteiger partial charge in [-0.25, -0.2) is 0 Å². The normalized spacial score (nSPS) is 14.0. The van der Waals surface area contributed by atoms with Crippen molar-refractivity contribution in [1.82, 2.24) is 5.43 Å². The third-order valence-corrected chi connectivity index (χ3v) is 6.10. The number of para-hydroxylation sites is 1. The minimum absolute atomic E-state index is 0.555. The van der Waals surface area contributed by atoms with Gasteiger partial charge < -0.3 is 19.1 Å². The van der Waals surface area contributed by atoms with Gasteiger partial charge in [0.05, 0.1) is 44.5 Å². The van der Waals surface area contributed by atoms with Crippen molar-refractivity contribution < 1.29 is 14.2 Å². The topological polar surface area (TPSA) is 55.3 Å². The Bertz CT molecular complexity index is 1110. The molecule has 0 aliphatic carbocycles. The van der Waals surface area contributed by atoms with Crippen LogP contribution in [0.2, 0.25) is 0 Å². The van der Waals surface area contributed by atoms with Gasteiger partial charge in [-0.1, -0.05) is 54.2 Å². The number of thioether (sulfide) groups is 1. The first-order chi connectivity index (χ1) is 15.7. The van der Waals surface area contributed by atoms with Gasteiger partial charge in [-0.3, -0.25) is 5.43 Å². The molecular formula is C25H25N3O3S. The third kappa shape index (κ3) is 4.68. The summed E-state index contributed by atoms with van der Waals surface area (Å²) in [5.74, 6) is 1.73. The molecule has 0 fully saturated rings. The van der Waals surface area contributed by atoms with E-state index in [1.807, 2.05) is 24.4 Å². The van der Waals surface area contributed by atoms with E-state index in [1.165, 1.54) is 16.1 Å². The predicted octanol–water partition coefficient (Wildman–Crippen LogP) is 5.25. The Kier molecular flexibility index (Phi) is 6.87. The van der Waals surface area contributed by atoms with Crippen molar-refractivity contribution in [2.45, 2.75) is 11.4 Å². The van der Waals surface area contributed by atoms with Gasteiger partial charge in [0.25, 0.3) is 0 Å². The molecule has 1 N–H and O–H groups in total. The van der Waals surface area contributed by atoms with Crippen molar-refractivity contribution in [2.24, 2.45) is 5.10 Å². The average molecular weight is 448 g/mol. The van der Waals surface area contributed by atoms with Crippen LogP contribution >= 0.6 is 11.8 Å². The van der Waals surface area contributed by atoms with E-state index in [1.54, 1.807) is 39.3 Å². The molecule has 0 atom stereocenters. The summed E-state index contributed by atoms with van der Waals surface area (Å²) in [4.78, 5) is 3.52. The minimum atomic E-state index is 0.555. The maximum Gasteiger partial charge on any atom is 0.203 e. The molecule has 0 saturated heterocycles. The molecule has 0 spiro atoms. The highest BCUT2D eigenvalue weighted by Gasteiger charge is 2.24. The summed E-state index contributed by atoms with van der Waals surface area (Å²) < 4.78 is 16.2. The number of rotatable bonds is 8. The Morgan fingerprint density at radius 3 is 2.28 bits per heavy atom. The van der Waals surface area contributed by atoms with Crippen molar-refractivity contribution >= 4 is 23.7 Å². The summed E-state index contributed by atoms with van der Waals surface area (Å²) in [6.07, 6.45) is 3.64. The molecule has 0 saturated carbocycles. The Hall–Kier alpha value is -3.58. The van der Waals surface area contributed by atoms with Crippen LogP contribution in [0.4, 0.5) is 5.69 Å². The van der Waals surface area contributed by atoms with E-state index >= 15 is 0 Å². The molecule has 1 aliphatic rings. The second-order valence-electron chi connectivity index (χ2n) is 6.97. The molecule has 7 heteroatoms. The van der Waals surface area contributed by atoms with Gasteiger partial charge in [-0.05, 0) is 29.8 Å². The fourth-order valence-corrected chi connectivity index (χ4v) is 4.51. The van der Waals surface area contributed by atoms with Crippen LogP contribution in [-0.4, -0.2) is 27.5 Å². The number of ether oxygens (including phenoxy) is 3. The lowest BCUT2D eigenvalue weighted by Gasteiger charge is -2.20. The molecule has 0 radical (unpaired) electrons. The predicted molar refractivity (Wildman–Crippen MR) is 130 cm³/mol. The number of hydrazone groups is 1. The van der Waals surface area contributed by atoms with Crippen LogP contribution in [0.5, 0.6) is 17.2 Å². The summed E-state index contributed by atoms with van der Waals surface area (Å²) >= 11 is 1.72. The van der Waals surface area contributed by atoms with Gasteiger partial charge in [-0.2, -0.15) is 5.10 Å². The standard InChI is InChI=1S/C25H25N3O3S/c1-29-21-13-19(14-22(30-2)25(21)31-3)15-26-27-16-24-28(17-18-9-5-4-6-10-18)20-11-7-8-12-23(20)32-24/h4-16,27H,17H2,1-3H3/b24-16-,26-15+. The van der Waals surface area contributed by atoms with Gasteiger partial charge in [0.2, 0.25) is 5.75 Å². The summed E-state index contributed by atoms with van der Waals surface area (Å²) in [7, 11) is 4.77. The highest BCUT2D eigenvalue weighted by molar-refractivity contribution is 8.03. The molecule has 1 heterocycles. The van der Waals surface area contributed by atoms with Crippen molar-refractivity contribution in [3.8, 4) is 17.2 Å². The largest absolute Gasteiger partial charge is 0.493 e. The highest BCUT2D eigenvalue weighted by Crippen LogP contribution is 2.46. The van der Waals surface area contributed by atoms with E-state index in [4.69, 9.17) is 14.2 Å². The average Bonchev–Trinajstić information content (AvgIpc) is 3.18. The lowest BCUT2D eigenvalue weighted by atomic mass is 10.2. The van der Waals surface area contributed by atoms with Crippen LogP contribution in [-0.2, 0) is 6.54 Å². The zero-order valence-electron chi connectivity index (χ0n) is 18.2. The smallest absolute Gasteiger partial charge is 0.203 e. The minimum Gasteiger partial charge on any atom is -0.493 e. The SMILES string of the molecule is COc1cc(/C=N/N/C=C2\Sc3ccccc3N2Cc2ccccc2)cc(OC)c1OC. The molecule has 32 heavy (non-hydrogen) atoms. The quantitative estimate of drug-likeness (QED) is 0.376. The first-order valence-corrected chi connectivity index (χ1v) is 10.9. The third-order valence-electron chi connectivity index (χ3n) is 4.98. The van der Waals surface area contributed by atoms with Crippen LogP contribution in [0.25, 0.3) is 0 Å². The van der Waals surface area contributed by atoms with Crippen LogP contribution in [0.15, 0.2) is 88.0 Å². The lowest BCUT2D eigenvalue weighted by molar-refractivity contribution is 0.324. The van der Waals surface area contributed by atoms with Crippen molar-refractivity contribution in [1.29, 1.82) is 0 Å². The molecule has 3 aromatic rings. The second kappa shape index (κ2) is 10.2. The van der Waals surface area contributed by atoms with E-state index in [2.05, 4.69) is 64.0 Å². The molecular weight excluding hydrogens is 422 g/mol. The summed E-state index contributed by atoms with van der Waals surface area (Å²) in [5.41, 5.74) is 6.33. The van der Waals surface area contributed by atoms with Crippen LogP contribution in [0.3, 0.4) is 0 Å². The van der Waals surface area contributed by atoms with Gasteiger partial charge in [0.1, 0.15) is 0 Å². The fourth-order valence-electron chi connectivity index (χ4n) is 3.47. The first kappa shape index (κ1) is 21.6. The number of nitrogens with one attached hydrogen (secondary N) is 1. The Morgan fingerprint density at radius 2 is 1.59 bits per heavy atom. The Balaban J connectivity index is 1.53. The van der Waals surface area contributed by atoms with Gasteiger partial charge in [0.15, 0.2) is 11.5 Å². The molecule has 3 aromatic carbocycles. The number of hydrogen-bond donors (Lipinski definition) is 1. The van der Waals surface area contributed by atoms with Gasteiger partial charge in [0, 0.05) is 17.0 Å². The molecule has 0 unspecified atom stereocenters. The van der Waals surface area contributed by atoms with Crippen molar-refractivity contribution in [3.63, 3.8) is 0 Å². The Labute approximate surface area is 192 Å². The van der Waals surface area contributed by atoms with Crippen LogP contribution in [0, 0.1) is 0 Å². The lowest BCUT2D eigenvalue weighted by Crippen LogP contribution is -2.18. The molecule has 0 aromatic heterocycles. The molecule has 1 aliphatic heterocycles. The maximum absolute atomic E-state index is 5.40. The Morgan fingerprint density at radius 1 is 0.906 bits per heavy atom. The van der Waals surface area contributed by atoms with Crippen molar-refractivity contribution in [3.05, 3.63) is 89.1 Å². The van der Waals surface area contributed by atoms with Crippen LogP contribution in [0.1, 0.15) is 11.1 Å². The van der Waals surface area contributed by atoms with E-state index in [9.17, 15) is 0 Å². The highest BCUT2D eigenvalue weighted by atomic mass is 32.2. The zero-order chi connectivity index (χ0) is 22.3. The van der Waals surface area contributed by atoms with E-state index in [0.29, 0.717) is 17.2 Å². The molecule has 4 rings (SSSR count). The van der Waals surface area contributed by atoms with Crippen molar-refractivity contribution in [2.75, 3.05) is 26.2 Å². The number of fused-ring (bicyclic) bond motifs is 1. The zero-order valence-corrected chi connectivity index (χ0v) is 19.1. The monoisotopic (exact) mass is 447 g/mol. The van der Waals surface area contributed by atoms with E-state index < -0.39 is 0 Å². The number of anilines is 1. The van der Waals surface area contributed by atoms with E-state index in [-0.39, 0.29) is 0 Å². The van der Waals surface area contributed by atoms with E-state index in [0.717, 1.165) is 17.1 Å².